The van der Waals surface area contributed by atoms with Crippen LogP contribution in [0.25, 0.3) is 0 Å². The van der Waals surface area contributed by atoms with E-state index in [2.05, 4.69) is 15.5 Å². The molecular formula is C11H16N4O3. The van der Waals surface area contributed by atoms with Crippen LogP contribution >= 0.6 is 0 Å². The zero-order valence-electron chi connectivity index (χ0n) is 10.1. The summed E-state index contributed by atoms with van der Waals surface area (Å²) in [6, 6.07) is 0. The fraction of sp³-hybridized carbons (Fsp3) is 0.818. The lowest BCUT2D eigenvalue weighted by Crippen LogP contribution is -2.49. The maximum atomic E-state index is 11.5. The van der Waals surface area contributed by atoms with Crippen LogP contribution in [-0.2, 0) is 15.1 Å². The molecule has 1 saturated carbocycles. The van der Waals surface area contributed by atoms with Gasteiger partial charge in [0.15, 0.2) is 11.4 Å². The minimum Gasteiger partial charge on any atom is -0.479 e. The lowest BCUT2D eigenvalue weighted by atomic mass is 9.76. The van der Waals surface area contributed by atoms with Crippen LogP contribution in [0.1, 0.15) is 43.8 Å². The topological polar surface area (TPSA) is 90.1 Å². The van der Waals surface area contributed by atoms with E-state index < -0.39 is 11.5 Å². The molecule has 0 amide bonds. The van der Waals surface area contributed by atoms with E-state index in [4.69, 9.17) is 4.74 Å². The molecule has 0 spiro atoms. The predicted octanol–water partition coefficient (Wildman–Crippen LogP) is 0.531. The molecule has 2 fully saturated rings. The van der Waals surface area contributed by atoms with Crippen molar-refractivity contribution in [2.45, 2.75) is 43.6 Å². The summed E-state index contributed by atoms with van der Waals surface area (Å²) in [5.41, 5.74) is -0.906. The fourth-order valence-corrected chi connectivity index (χ4v) is 2.74. The van der Waals surface area contributed by atoms with Crippen molar-refractivity contribution < 1.29 is 14.6 Å². The van der Waals surface area contributed by atoms with E-state index in [0.29, 0.717) is 31.9 Å². The van der Waals surface area contributed by atoms with E-state index >= 15 is 0 Å². The van der Waals surface area contributed by atoms with Crippen molar-refractivity contribution in [1.82, 2.24) is 20.2 Å². The van der Waals surface area contributed by atoms with Crippen LogP contribution < -0.4 is 0 Å². The Hall–Kier alpha value is -1.50. The van der Waals surface area contributed by atoms with Gasteiger partial charge in [-0.1, -0.05) is 0 Å². The van der Waals surface area contributed by atoms with Gasteiger partial charge in [0.25, 0.3) is 0 Å². The van der Waals surface area contributed by atoms with Crippen molar-refractivity contribution in [2.75, 3.05) is 13.2 Å². The molecule has 98 valence electrons. The number of aliphatic carboxylic acids is 1. The van der Waals surface area contributed by atoms with E-state index in [1.54, 1.807) is 4.68 Å². The highest BCUT2D eigenvalue weighted by Gasteiger charge is 2.49. The predicted molar refractivity (Wildman–Crippen MR) is 60.1 cm³/mol. The van der Waals surface area contributed by atoms with Crippen LogP contribution in [0.3, 0.4) is 0 Å². The van der Waals surface area contributed by atoms with Crippen LogP contribution in [-0.4, -0.2) is 44.5 Å². The zero-order valence-corrected chi connectivity index (χ0v) is 10.1. The number of aromatic nitrogens is 4. The number of hydrogen-bond acceptors (Lipinski definition) is 5. The Bertz CT molecular complexity index is 449. The van der Waals surface area contributed by atoms with Crippen LogP contribution in [0.2, 0.25) is 0 Å². The molecule has 3 rings (SSSR count). The highest BCUT2D eigenvalue weighted by atomic mass is 16.5. The molecule has 0 bridgehead atoms. The van der Waals surface area contributed by atoms with Crippen molar-refractivity contribution >= 4 is 5.97 Å². The highest BCUT2D eigenvalue weighted by Crippen LogP contribution is 2.41. The summed E-state index contributed by atoms with van der Waals surface area (Å²) in [7, 11) is 0. The first-order chi connectivity index (χ1) is 8.74. The van der Waals surface area contributed by atoms with Crippen molar-refractivity contribution in [2.24, 2.45) is 0 Å². The molecule has 0 unspecified atom stereocenters. The second kappa shape index (κ2) is 4.31. The van der Waals surface area contributed by atoms with Gasteiger partial charge in [0.2, 0.25) is 0 Å². The average molecular weight is 252 g/mol. The largest absolute Gasteiger partial charge is 0.479 e. The minimum atomic E-state index is -0.906. The molecule has 7 heteroatoms. The van der Waals surface area contributed by atoms with Crippen molar-refractivity contribution in [1.29, 1.82) is 0 Å². The second-order valence-corrected chi connectivity index (χ2v) is 5.03. The summed E-state index contributed by atoms with van der Waals surface area (Å²) in [5.74, 6) is 0.0975. The van der Waals surface area contributed by atoms with Gasteiger partial charge in [-0.2, -0.15) is 0 Å². The van der Waals surface area contributed by atoms with Gasteiger partial charge >= 0.3 is 5.97 Å². The Morgan fingerprint density at radius 3 is 2.67 bits per heavy atom. The summed E-state index contributed by atoms with van der Waals surface area (Å²) in [6.45, 7) is 1.38. The molecule has 1 aromatic rings. The van der Waals surface area contributed by atoms with Crippen molar-refractivity contribution in [3.05, 3.63) is 5.82 Å². The molecule has 2 aliphatic rings. The Kier molecular flexibility index (Phi) is 2.77. The summed E-state index contributed by atoms with van der Waals surface area (Å²) in [4.78, 5) is 11.5. The summed E-state index contributed by atoms with van der Waals surface area (Å²) < 4.78 is 6.87. The molecule has 2 heterocycles. The Balaban J connectivity index is 1.93. The molecule has 1 aromatic heterocycles. The number of carboxylic acids is 1. The van der Waals surface area contributed by atoms with E-state index in [9.17, 15) is 9.90 Å². The van der Waals surface area contributed by atoms with Gasteiger partial charge in [0.1, 0.15) is 0 Å². The van der Waals surface area contributed by atoms with Gasteiger partial charge < -0.3 is 9.84 Å². The van der Waals surface area contributed by atoms with E-state index in [1.165, 1.54) is 0 Å². The average Bonchev–Trinajstić information content (AvgIpc) is 2.77. The molecule has 0 atom stereocenters. The van der Waals surface area contributed by atoms with Gasteiger partial charge in [-0.3, -0.25) is 0 Å². The third-order valence-electron chi connectivity index (χ3n) is 4.06. The lowest BCUT2D eigenvalue weighted by molar-refractivity contribution is -0.153. The Morgan fingerprint density at radius 1 is 1.39 bits per heavy atom. The first-order valence-corrected chi connectivity index (χ1v) is 6.34. The van der Waals surface area contributed by atoms with Gasteiger partial charge in [-0.15, -0.1) is 5.10 Å². The molecule has 1 aliphatic carbocycles. The number of nitrogens with zero attached hydrogens (tertiary/aromatic N) is 4. The monoisotopic (exact) mass is 252 g/mol. The normalized spacial score (nSPS) is 23.6. The first kappa shape index (κ1) is 11.6. The molecule has 0 aromatic carbocycles. The number of hydrogen-bond donors (Lipinski definition) is 1. The number of rotatable bonds is 3. The quantitative estimate of drug-likeness (QED) is 0.844. The molecule has 0 radical (unpaired) electrons. The second-order valence-electron chi connectivity index (χ2n) is 5.03. The van der Waals surface area contributed by atoms with E-state index in [-0.39, 0.29) is 5.92 Å². The standard InChI is InChI=1S/C11H16N4O3/c16-10(17)11(4-1-5-11)15-9(12-13-14-15)8-2-6-18-7-3-8/h8H,1-7H2,(H,16,17). The van der Waals surface area contributed by atoms with Crippen molar-refractivity contribution in [3.63, 3.8) is 0 Å². The van der Waals surface area contributed by atoms with Gasteiger partial charge in [0.05, 0.1) is 0 Å². The minimum absolute atomic E-state index is 0.213. The number of carboxylic acid groups (broad SMARTS) is 1. The number of ether oxygens (including phenoxy) is 1. The first-order valence-electron chi connectivity index (χ1n) is 6.34. The highest BCUT2D eigenvalue weighted by molar-refractivity contribution is 5.77. The Labute approximate surface area is 104 Å². The summed E-state index contributed by atoms with van der Waals surface area (Å²) in [6.07, 6.45) is 3.86. The maximum Gasteiger partial charge on any atom is 0.331 e. The zero-order chi connectivity index (χ0) is 12.6. The number of tetrazole rings is 1. The van der Waals surface area contributed by atoms with Crippen LogP contribution in [0.5, 0.6) is 0 Å². The lowest BCUT2D eigenvalue weighted by Gasteiger charge is -2.38. The Morgan fingerprint density at radius 2 is 2.11 bits per heavy atom. The third kappa shape index (κ3) is 1.61. The van der Waals surface area contributed by atoms with E-state index in [0.717, 1.165) is 19.3 Å². The fourth-order valence-electron chi connectivity index (χ4n) is 2.74. The molecule has 1 saturated heterocycles. The SMILES string of the molecule is O=C(O)C1(n2nnnc2C2CCOCC2)CCC1. The molecule has 1 N–H and O–H groups in total. The maximum absolute atomic E-state index is 11.5. The summed E-state index contributed by atoms with van der Waals surface area (Å²) >= 11 is 0. The van der Waals surface area contributed by atoms with E-state index in [1.807, 2.05) is 0 Å². The molecule has 18 heavy (non-hydrogen) atoms. The van der Waals surface area contributed by atoms with Crippen LogP contribution in [0, 0.1) is 0 Å². The molecule has 1 aliphatic heterocycles. The van der Waals surface area contributed by atoms with Crippen LogP contribution in [0.4, 0.5) is 0 Å². The van der Waals surface area contributed by atoms with Gasteiger partial charge in [-0.25, -0.2) is 9.48 Å². The van der Waals surface area contributed by atoms with Crippen molar-refractivity contribution in [3.8, 4) is 0 Å². The summed E-state index contributed by atoms with van der Waals surface area (Å²) in [5, 5.41) is 21.1. The van der Waals surface area contributed by atoms with Crippen LogP contribution in [0.15, 0.2) is 0 Å². The molecular weight excluding hydrogens is 236 g/mol. The third-order valence-corrected chi connectivity index (χ3v) is 4.06. The van der Waals surface area contributed by atoms with Gasteiger partial charge in [0, 0.05) is 19.1 Å². The van der Waals surface area contributed by atoms with Gasteiger partial charge in [-0.05, 0) is 42.5 Å². The smallest absolute Gasteiger partial charge is 0.331 e. The molecule has 7 nitrogen and oxygen atoms in total. The number of carbonyl (C=O) groups is 1.